The van der Waals surface area contributed by atoms with E-state index in [9.17, 15) is 0 Å². The number of nitrogens with zero attached hydrogens (tertiary/aromatic N) is 1. The molecule has 0 atom stereocenters. The fraction of sp³-hybridized carbons (Fsp3) is 0.261. The Morgan fingerprint density at radius 1 is 0.967 bits per heavy atom. The van der Waals surface area contributed by atoms with Gasteiger partial charge in [0.05, 0.1) is 39.8 Å². The molecule has 0 saturated carbocycles. The Bertz CT molecular complexity index is 989. The molecule has 1 heterocycles. The lowest BCUT2D eigenvalue weighted by Crippen LogP contribution is -2.34. The van der Waals surface area contributed by atoms with Crippen LogP contribution in [-0.2, 0) is 13.1 Å². The van der Waals surface area contributed by atoms with Crippen LogP contribution in [0.3, 0.4) is 0 Å². The van der Waals surface area contributed by atoms with E-state index >= 15 is 0 Å². The number of hydrogen-bond acceptors (Lipinski definition) is 5. The highest BCUT2D eigenvalue weighted by Gasteiger charge is 2.17. The maximum Gasteiger partial charge on any atom is 0.174 e. The Kier molecular flexibility index (Phi) is 7.19. The number of ether oxygens (including phenoxy) is 3. The van der Waals surface area contributed by atoms with Gasteiger partial charge in [0, 0.05) is 18.2 Å². The smallest absolute Gasteiger partial charge is 0.174 e. The van der Waals surface area contributed by atoms with Gasteiger partial charge in [-0.3, -0.25) is 0 Å². The molecule has 6 nitrogen and oxygen atoms in total. The molecule has 0 bridgehead atoms. The summed E-state index contributed by atoms with van der Waals surface area (Å²) in [4.78, 5) is 2.01. The average Bonchev–Trinajstić information content (AvgIpc) is 3.27. The van der Waals surface area contributed by atoms with Crippen molar-refractivity contribution in [3.8, 4) is 17.2 Å². The lowest BCUT2D eigenvalue weighted by atomic mass is 10.1. The van der Waals surface area contributed by atoms with Gasteiger partial charge in [-0.2, -0.15) is 0 Å². The number of anilines is 1. The van der Waals surface area contributed by atoms with Crippen molar-refractivity contribution in [2.24, 2.45) is 0 Å². The predicted octanol–water partition coefficient (Wildman–Crippen LogP) is 5.01. The third-order valence-corrected chi connectivity index (χ3v) is 5.03. The summed E-state index contributed by atoms with van der Waals surface area (Å²) >= 11 is 5.75. The Balaban J connectivity index is 1.86. The van der Waals surface area contributed by atoms with Crippen molar-refractivity contribution in [2.75, 3.05) is 26.6 Å². The van der Waals surface area contributed by atoms with Gasteiger partial charge >= 0.3 is 0 Å². The summed E-state index contributed by atoms with van der Waals surface area (Å²) in [5, 5.41) is 3.85. The van der Waals surface area contributed by atoms with E-state index in [2.05, 4.69) is 5.32 Å². The highest BCUT2D eigenvalue weighted by Crippen LogP contribution is 2.28. The molecular formula is C23H26N2O4S. The quantitative estimate of drug-likeness (QED) is 0.508. The molecule has 30 heavy (non-hydrogen) atoms. The van der Waals surface area contributed by atoms with E-state index in [-0.39, 0.29) is 0 Å². The lowest BCUT2D eigenvalue weighted by molar-refractivity contribution is 0.346. The standard InChI is InChI=1S/C23H26N2O4S/c1-16-7-10-20(22(12-16)28-4)24-23(30)25(15-19-6-5-11-29-19)14-17-8-9-18(26-2)13-21(17)27-3/h5-13H,14-15H2,1-4H3,(H,24,30). The first-order valence-electron chi connectivity index (χ1n) is 9.48. The molecule has 0 saturated heterocycles. The van der Waals surface area contributed by atoms with Crippen molar-refractivity contribution in [3.63, 3.8) is 0 Å². The van der Waals surface area contributed by atoms with Crippen molar-refractivity contribution in [2.45, 2.75) is 20.0 Å². The summed E-state index contributed by atoms with van der Waals surface area (Å²) < 4.78 is 21.9. The van der Waals surface area contributed by atoms with Crippen LogP contribution in [0.15, 0.2) is 59.2 Å². The number of rotatable bonds is 8. The van der Waals surface area contributed by atoms with E-state index < -0.39 is 0 Å². The molecular weight excluding hydrogens is 400 g/mol. The maximum absolute atomic E-state index is 5.75. The van der Waals surface area contributed by atoms with Crippen molar-refractivity contribution in [3.05, 3.63) is 71.7 Å². The van der Waals surface area contributed by atoms with Gasteiger partial charge in [0.25, 0.3) is 0 Å². The number of nitrogens with one attached hydrogen (secondary N) is 1. The van der Waals surface area contributed by atoms with E-state index in [0.29, 0.717) is 18.2 Å². The minimum absolute atomic E-state index is 0.502. The van der Waals surface area contributed by atoms with Crippen molar-refractivity contribution >= 4 is 23.0 Å². The Morgan fingerprint density at radius 2 is 1.77 bits per heavy atom. The normalized spacial score (nSPS) is 10.4. The van der Waals surface area contributed by atoms with Gasteiger partial charge < -0.3 is 28.8 Å². The molecule has 7 heteroatoms. The summed E-state index contributed by atoms with van der Waals surface area (Å²) in [6, 6.07) is 15.5. The van der Waals surface area contributed by atoms with Gasteiger partial charge in [-0.25, -0.2) is 0 Å². The Morgan fingerprint density at radius 3 is 2.43 bits per heavy atom. The number of thiocarbonyl (C=S) groups is 1. The molecule has 0 unspecified atom stereocenters. The van der Waals surface area contributed by atoms with Crippen LogP contribution in [0.4, 0.5) is 5.69 Å². The minimum Gasteiger partial charge on any atom is -0.497 e. The van der Waals surface area contributed by atoms with E-state index in [1.807, 2.05) is 60.4 Å². The highest BCUT2D eigenvalue weighted by molar-refractivity contribution is 7.80. The minimum atomic E-state index is 0.502. The first kappa shape index (κ1) is 21.5. The first-order valence-corrected chi connectivity index (χ1v) is 9.88. The number of hydrogen-bond donors (Lipinski definition) is 1. The molecule has 3 aromatic rings. The van der Waals surface area contributed by atoms with Crippen LogP contribution in [-0.4, -0.2) is 31.3 Å². The van der Waals surface area contributed by atoms with Crippen LogP contribution < -0.4 is 19.5 Å². The Labute approximate surface area is 182 Å². The summed E-state index contributed by atoms with van der Waals surface area (Å²) in [5.41, 5.74) is 2.89. The summed E-state index contributed by atoms with van der Waals surface area (Å²) in [6.45, 7) is 3.04. The molecule has 2 aromatic carbocycles. The van der Waals surface area contributed by atoms with Gasteiger partial charge in [-0.1, -0.05) is 6.07 Å². The predicted molar refractivity (Wildman–Crippen MR) is 121 cm³/mol. The van der Waals surface area contributed by atoms with Gasteiger partial charge in [0.15, 0.2) is 5.11 Å². The first-order chi connectivity index (χ1) is 14.5. The summed E-state index contributed by atoms with van der Waals surface area (Å²) in [7, 11) is 4.92. The third kappa shape index (κ3) is 5.24. The van der Waals surface area contributed by atoms with Crippen LogP contribution in [0.25, 0.3) is 0 Å². The molecule has 0 spiro atoms. The molecule has 0 radical (unpaired) electrons. The zero-order valence-corrected chi connectivity index (χ0v) is 18.4. The van der Waals surface area contributed by atoms with Crippen LogP contribution in [0.5, 0.6) is 17.2 Å². The molecule has 1 aromatic heterocycles. The van der Waals surface area contributed by atoms with E-state index in [4.69, 9.17) is 30.8 Å². The van der Waals surface area contributed by atoms with Gasteiger partial charge in [-0.05, 0) is 61.1 Å². The van der Waals surface area contributed by atoms with Gasteiger partial charge in [0.2, 0.25) is 0 Å². The van der Waals surface area contributed by atoms with Crippen LogP contribution >= 0.6 is 12.2 Å². The van der Waals surface area contributed by atoms with Gasteiger partial charge in [0.1, 0.15) is 23.0 Å². The number of methoxy groups -OCH3 is 3. The van der Waals surface area contributed by atoms with E-state index in [0.717, 1.165) is 39.8 Å². The molecule has 1 N–H and O–H groups in total. The van der Waals surface area contributed by atoms with Gasteiger partial charge in [-0.15, -0.1) is 0 Å². The molecule has 3 rings (SSSR count). The summed E-state index contributed by atoms with van der Waals surface area (Å²) in [6.07, 6.45) is 1.65. The zero-order valence-electron chi connectivity index (χ0n) is 17.6. The zero-order chi connectivity index (χ0) is 21.5. The molecule has 0 aliphatic carbocycles. The van der Waals surface area contributed by atoms with Crippen LogP contribution in [0, 0.1) is 6.92 Å². The molecule has 0 fully saturated rings. The van der Waals surface area contributed by atoms with Crippen LogP contribution in [0.2, 0.25) is 0 Å². The molecule has 0 aliphatic heterocycles. The third-order valence-electron chi connectivity index (χ3n) is 4.67. The molecule has 0 amide bonds. The van der Waals surface area contributed by atoms with Crippen molar-refractivity contribution < 1.29 is 18.6 Å². The number of aryl methyl sites for hydroxylation is 1. The van der Waals surface area contributed by atoms with Crippen LogP contribution in [0.1, 0.15) is 16.9 Å². The monoisotopic (exact) mass is 426 g/mol. The highest BCUT2D eigenvalue weighted by atomic mass is 32.1. The topological polar surface area (TPSA) is 56.1 Å². The summed E-state index contributed by atoms with van der Waals surface area (Å²) in [5.74, 6) is 3.01. The van der Waals surface area contributed by atoms with Crippen molar-refractivity contribution in [1.29, 1.82) is 0 Å². The fourth-order valence-electron chi connectivity index (χ4n) is 3.07. The molecule has 0 aliphatic rings. The molecule has 158 valence electrons. The lowest BCUT2D eigenvalue weighted by Gasteiger charge is -2.26. The Hall–Kier alpha value is -3.19. The number of benzene rings is 2. The largest absolute Gasteiger partial charge is 0.497 e. The van der Waals surface area contributed by atoms with E-state index in [1.165, 1.54) is 0 Å². The maximum atomic E-state index is 5.75. The second-order valence-corrected chi connectivity index (χ2v) is 7.13. The average molecular weight is 427 g/mol. The second-order valence-electron chi connectivity index (χ2n) is 6.75. The van der Waals surface area contributed by atoms with E-state index in [1.54, 1.807) is 27.6 Å². The second kappa shape index (κ2) is 10.0. The van der Waals surface area contributed by atoms with Crippen molar-refractivity contribution in [1.82, 2.24) is 4.90 Å². The SMILES string of the molecule is COc1ccc(CN(Cc2ccco2)C(=S)Nc2ccc(C)cc2OC)c(OC)c1. The number of furan rings is 1. The fourth-order valence-corrected chi connectivity index (χ4v) is 3.31.